The van der Waals surface area contributed by atoms with Gasteiger partial charge in [0.2, 0.25) is 5.78 Å². The molecule has 1 aromatic heterocycles. The fraction of sp³-hybridized carbons (Fsp3) is 0.0476. The Hall–Kier alpha value is -3.20. The number of ether oxygens (including phenoxy) is 1. The highest BCUT2D eigenvalue weighted by atomic mass is 16.5. The number of carbonyl (C=O) groups excluding carboxylic acids is 1. The van der Waals surface area contributed by atoms with Gasteiger partial charge in [-0.25, -0.2) is 4.98 Å². The lowest BCUT2D eigenvalue weighted by molar-refractivity contribution is 0.0859. The molecule has 0 radical (unpaired) electrons. The molecule has 0 amide bonds. The minimum absolute atomic E-state index is 0.00104. The Labute approximate surface area is 138 Å². The maximum atomic E-state index is 13.0. The first-order chi connectivity index (χ1) is 11.8. The van der Waals surface area contributed by atoms with Crippen LogP contribution in [0.1, 0.15) is 22.0 Å². The van der Waals surface area contributed by atoms with Crippen LogP contribution in [-0.2, 0) is 0 Å². The fourth-order valence-electron chi connectivity index (χ4n) is 3.34. The highest BCUT2D eigenvalue weighted by molar-refractivity contribution is 6.15. The molecule has 1 atom stereocenters. The average Bonchev–Trinajstić information content (AvgIpc) is 2.98. The Kier molecular flexibility index (Phi) is 2.71. The predicted molar refractivity (Wildman–Crippen MR) is 93.4 cm³/mol. The number of benzene rings is 3. The standard InChI is InChI=1S/C21H13NO2/c23-20-19-15-12-14-8-4-5-9-16(14)22-17(15)10-11-18(19)24-21(20)13-6-2-1-3-7-13/h1-12,21H. The Balaban J connectivity index is 1.74. The molecule has 0 N–H and O–H groups in total. The predicted octanol–water partition coefficient (Wildman–Crippen LogP) is 4.70. The average molecular weight is 311 g/mol. The highest BCUT2D eigenvalue weighted by Crippen LogP contribution is 2.40. The molecule has 1 unspecified atom stereocenters. The van der Waals surface area contributed by atoms with Gasteiger partial charge < -0.3 is 4.74 Å². The molecule has 114 valence electrons. The van der Waals surface area contributed by atoms with Crippen molar-refractivity contribution in [2.24, 2.45) is 0 Å². The molecular formula is C21H13NO2. The van der Waals surface area contributed by atoms with E-state index >= 15 is 0 Å². The zero-order chi connectivity index (χ0) is 16.1. The molecule has 0 fully saturated rings. The monoisotopic (exact) mass is 311 g/mol. The van der Waals surface area contributed by atoms with Gasteiger partial charge in [0.1, 0.15) is 5.75 Å². The zero-order valence-corrected chi connectivity index (χ0v) is 12.8. The molecule has 1 aliphatic heterocycles. The second-order valence-electron chi connectivity index (χ2n) is 5.96. The summed E-state index contributed by atoms with van der Waals surface area (Å²) in [6.07, 6.45) is -0.571. The van der Waals surface area contributed by atoms with E-state index in [0.29, 0.717) is 11.3 Å². The lowest BCUT2D eigenvalue weighted by atomic mass is 9.98. The maximum absolute atomic E-state index is 13.0. The van der Waals surface area contributed by atoms with Crippen LogP contribution < -0.4 is 4.74 Å². The highest BCUT2D eigenvalue weighted by Gasteiger charge is 2.35. The van der Waals surface area contributed by atoms with Gasteiger partial charge in [-0.05, 0) is 24.3 Å². The Morgan fingerprint density at radius 1 is 0.833 bits per heavy atom. The van der Waals surface area contributed by atoms with E-state index in [0.717, 1.165) is 27.4 Å². The number of rotatable bonds is 1. The number of hydrogen-bond acceptors (Lipinski definition) is 3. The van der Waals surface area contributed by atoms with Gasteiger partial charge in [-0.3, -0.25) is 4.79 Å². The van der Waals surface area contributed by atoms with Crippen molar-refractivity contribution in [1.29, 1.82) is 0 Å². The van der Waals surface area contributed by atoms with E-state index in [-0.39, 0.29) is 5.78 Å². The van der Waals surface area contributed by atoms with E-state index in [4.69, 9.17) is 4.74 Å². The summed E-state index contributed by atoms with van der Waals surface area (Å²) in [4.78, 5) is 17.7. The molecule has 3 heteroatoms. The van der Waals surface area contributed by atoms with Crippen LogP contribution in [0.2, 0.25) is 0 Å². The van der Waals surface area contributed by atoms with Crippen molar-refractivity contribution in [2.45, 2.75) is 6.10 Å². The number of aromatic nitrogens is 1. The summed E-state index contributed by atoms with van der Waals surface area (Å²) < 4.78 is 5.95. The third kappa shape index (κ3) is 1.85. The van der Waals surface area contributed by atoms with E-state index < -0.39 is 6.10 Å². The first-order valence-corrected chi connectivity index (χ1v) is 7.89. The second-order valence-corrected chi connectivity index (χ2v) is 5.96. The Morgan fingerprint density at radius 3 is 2.50 bits per heavy atom. The normalized spacial score (nSPS) is 16.3. The Bertz CT molecular complexity index is 1100. The van der Waals surface area contributed by atoms with Crippen LogP contribution in [0.3, 0.4) is 0 Å². The maximum Gasteiger partial charge on any atom is 0.212 e. The molecule has 4 aromatic rings. The molecule has 3 nitrogen and oxygen atoms in total. The summed E-state index contributed by atoms with van der Waals surface area (Å²) in [7, 11) is 0. The Morgan fingerprint density at radius 2 is 1.62 bits per heavy atom. The van der Waals surface area contributed by atoms with Crippen LogP contribution in [0.15, 0.2) is 72.8 Å². The molecule has 3 aromatic carbocycles. The van der Waals surface area contributed by atoms with Crippen molar-refractivity contribution >= 4 is 27.6 Å². The van der Waals surface area contributed by atoms with Gasteiger partial charge in [-0.2, -0.15) is 0 Å². The van der Waals surface area contributed by atoms with Gasteiger partial charge in [0.15, 0.2) is 6.10 Å². The van der Waals surface area contributed by atoms with Crippen molar-refractivity contribution in [1.82, 2.24) is 4.98 Å². The number of nitrogens with zero attached hydrogens (tertiary/aromatic N) is 1. The second kappa shape index (κ2) is 4.90. The first-order valence-electron chi connectivity index (χ1n) is 7.89. The van der Waals surface area contributed by atoms with E-state index in [1.807, 2.05) is 72.8 Å². The molecule has 0 saturated heterocycles. The van der Waals surface area contributed by atoms with Crippen molar-refractivity contribution < 1.29 is 9.53 Å². The van der Waals surface area contributed by atoms with Gasteiger partial charge in [0, 0.05) is 16.3 Å². The zero-order valence-electron chi connectivity index (χ0n) is 12.8. The number of ketones is 1. The SMILES string of the molecule is O=C1c2c(ccc3nc4ccccc4cc23)OC1c1ccccc1. The molecule has 1 aliphatic rings. The van der Waals surface area contributed by atoms with E-state index in [1.54, 1.807) is 0 Å². The first kappa shape index (κ1) is 13.3. The van der Waals surface area contributed by atoms with Crippen LogP contribution in [0.25, 0.3) is 21.8 Å². The molecule has 0 aliphatic carbocycles. The van der Waals surface area contributed by atoms with Gasteiger partial charge in [0.25, 0.3) is 0 Å². The largest absolute Gasteiger partial charge is 0.477 e. The van der Waals surface area contributed by atoms with Crippen LogP contribution >= 0.6 is 0 Å². The number of hydrogen-bond donors (Lipinski definition) is 0. The lowest BCUT2D eigenvalue weighted by Gasteiger charge is -2.08. The molecule has 24 heavy (non-hydrogen) atoms. The molecule has 0 bridgehead atoms. The van der Waals surface area contributed by atoms with E-state index in [2.05, 4.69) is 4.98 Å². The summed E-state index contributed by atoms with van der Waals surface area (Å²) in [5, 5.41) is 1.88. The fourth-order valence-corrected chi connectivity index (χ4v) is 3.34. The van der Waals surface area contributed by atoms with Crippen LogP contribution in [0.4, 0.5) is 0 Å². The minimum Gasteiger partial charge on any atom is -0.477 e. The van der Waals surface area contributed by atoms with E-state index in [9.17, 15) is 4.79 Å². The lowest BCUT2D eigenvalue weighted by Crippen LogP contribution is -2.10. The summed E-state index contributed by atoms with van der Waals surface area (Å²) in [6.45, 7) is 0. The smallest absolute Gasteiger partial charge is 0.212 e. The van der Waals surface area contributed by atoms with Gasteiger partial charge in [0.05, 0.1) is 16.6 Å². The summed E-state index contributed by atoms with van der Waals surface area (Å²) in [6, 6.07) is 23.3. The van der Waals surface area contributed by atoms with Crippen LogP contribution in [-0.4, -0.2) is 10.8 Å². The number of Topliss-reactive ketones (excluding diaryl/α,β-unsaturated/α-hetero) is 1. The van der Waals surface area contributed by atoms with Crippen molar-refractivity contribution in [2.75, 3.05) is 0 Å². The van der Waals surface area contributed by atoms with Crippen LogP contribution in [0.5, 0.6) is 5.75 Å². The van der Waals surface area contributed by atoms with Crippen molar-refractivity contribution in [3.8, 4) is 5.75 Å². The van der Waals surface area contributed by atoms with E-state index in [1.165, 1.54) is 0 Å². The molecule has 2 heterocycles. The third-order valence-corrected chi connectivity index (χ3v) is 4.49. The summed E-state index contributed by atoms with van der Waals surface area (Å²) in [5.41, 5.74) is 3.26. The number of carbonyl (C=O) groups is 1. The van der Waals surface area contributed by atoms with Gasteiger partial charge in [-0.15, -0.1) is 0 Å². The molecule has 0 spiro atoms. The minimum atomic E-state index is -0.571. The van der Waals surface area contributed by atoms with Crippen molar-refractivity contribution in [3.05, 3.63) is 83.9 Å². The quantitative estimate of drug-likeness (QED) is 0.478. The molecule has 0 saturated carbocycles. The topological polar surface area (TPSA) is 39.2 Å². The number of fused-ring (bicyclic) bond motifs is 4. The van der Waals surface area contributed by atoms with Gasteiger partial charge in [-0.1, -0.05) is 48.5 Å². The number of pyridine rings is 1. The molecular weight excluding hydrogens is 298 g/mol. The van der Waals surface area contributed by atoms with Crippen molar-refractivity contribution in [3.63, 3.8) is 0 Å². The molecule has 5 rings (SSSR count). The number of para-hydroxylation sites is 1. The third-order valence-electron chi connectivity index (χ3n) is 4.49. The summed E-state index contributed by atoms with van der Waals surface area (Å²) in [5.74, 6) is 0.636. The van der Waals surface area contributed by atoms with Gasteiger partial charge >= 0.3 is 0 Å². The summed E-state index contributed by atoms with van der Waals surface area (Å²) >= 11 is 0. The van der Waals surface area contributed by atoms with Crippen LogP contribution in [0, 0.1) is 0 Å².